The van der Waals surface area contributed by atoms with Gasteiger partial charge in [-0.15, -0.1) is 11.3 Å². The van der Waals surface area contributed by atoms with E-state index in [2.05, 4.69) is 23.9 Å². The summed E-state index contributed by atoms with van der Waals surface area (Å²) in [6, 6.07) is 2.40. The SMILES string of the molecule is CCC(C)CC(C)NS(=O)(=O)c1csc(CNC2CC2)c1. The molecule has 4 nitrogen and oxygen atoms in total. The van der Waals surface area contributed by atoms with Gasteiger partial charge in [-0.05, 0) is 38.2 Å². The van der Waals surface area contributed by atoms with Crippen LogP contribution in [0, 0.1) is 5.92 Å². The van der Waals surface area contributed by atoms with E-state index in [1.54, 1.807) is 11.4 Å². The quantitative estimate of drug-likeness (QED) is 0.731. The van der Waals surface area contributed by atoms with Crippen molar-refractivity contribution in [3.05, 3.63) is 16.3 Å². The first kappa shape index (κ1) is 16.9. The Labute approximate surface area is 132 Å². The molecule has 2 N–H and O–H groups in total. The van der Waals surface area contributed by atoms with Gasteiger partial charge in [0, 0.05) is 28.9 Å². The molecule has 1 fully saturated rings. The third-order valence-corrected chi connectivity index (χ3v) is 6.55. The Kier molecular flexibility index (Phi) is 5.82. The molecule has 1 heterocycles. The Morgan fingerprint density at radius 1 is 1.38 bits per heavy atom. The number of sulfonamides is 1. The van der Waals surface area contributed by atoms with E-state index < -0.39 is 10.0 Å². The largest absolute Gasteiger partial charge is 0.309 e. The normalized spacial score (nSPS) is 18.6. The molecule has 0 aliphatic heterocycles. The van der Waals surface area contributed by atoms with Crippen molar-refractivity contribution in [2.24, 2.45) is 5.92 Å². The molecule has 6 heteroatoms. The highest BCUT2D eigenvalue weighted by Crippen LogP contribution is 2.23. The minimum atomic E-state index is -3.38. The first-order valence-electron chi connectivity index (χ1n) is 7.73. The van der Waals surface area contributed by atoms with Gasteiger partial charge < -0.3 is 5.32 Å². The summed E-state index contributed by atoms with van der Waals surface area (Å²) in [4.78, 5) is 1.48. The van der Waals surface area contributed by atoms with Crippen molar-refractivity contribution < 1.29 is 8.42 Å². The molecule has 1 aliphatic carbocycles. The Balaban J connectivity index is 1.91. The van der Waals surface area contributed by atoms with Crippen LogP contribution in [0.3, 0.4) is 0 Å². The van der Waals surface area contributed by atoms with E-state index in [4.69, 9.17) is 0 Å². The van der Waals surface area contributed by atoms with E-state index >= 15 is 0 Å². The molecule has 21 heavy (non-hydrogen) atoms. The molecular weight excluding hydrogens is 304 g/mol. The highest BCUT2D eigenvalue weighted by Gasteiger charge is 2.22. The van der Waals surface area contributed by atoms with Gasteiger partial charge in [-0.25, -0.2) is 13.1 Å². The lowest BCUT2D eigenvalue weighted by atomic mass is 10.0. The van der Waals surface area contributed by atoms with Gasteiger partial charge in [0.15, 0.2) is 0 Å². The topological polar surface area (TPSA) is 58.2 Å². The molecular formula is C15H26N2O2S2. The van der Waals surface area contributed by atoms with Gasteiger partial charge in [0.05, 0.1) is 4.90 Å². The molecule has 0 aromatic carbocycles. The van der Waals surface area contributed by atoms with Crippen molar-refractivity contribution in [1.29, 1.82) is 0 Å². The molecule has 120 valence electrons. The lowest BCUT2D eigenvalue weighted by molar-refractivity contribution is 0.445. The Morgan fingerprint density at radius 3 is 2.71 bits per heavy atom. The van der Waals surface area contributed by atoms with Gasteiger partial charge in [-0.3, -0.25) is 0 Å². The second-order valence-electron chi connectivity index (χ2n) is 6.18. The Hall–Kier alpha value is -0.430. The van der Waals surface area contributed by atoms with Crippen LogP contribution in [0.5, 0.6) is 0 Å². The number of nitrogens with one attached hydrogen (secondary N) is 2. The van der Waals surface area contributed by atoms with E-state index in [9.17, 15) is 8.42 Å². The molecule has 1 saturated carbocycles. The molecule has 2 rings (SSSR count). The second-order valence-corrected chi connectivity index (χ2v) is 8.89. The zero-order chi connectivity index (χ0) is 15.5. The van der Waals surface area contributed by atoms with E-state index in [1.807, 2.05) is 6.92 Å². The lowest BCUT2D eigenvalue weighted by Crippen LogP contribution is -2.33. The van der Waals surface area contributed by atoms with Crippen LogP contribution in [0.25, 0.3) is 0 Å². The summed E-state index contributed by atoms with van der Waals surface area (Å²) < 4.78 is 27.5. The van der Waals surface area contributed by atoms with Gasteiger partial charge in [0.1, 0.15) is 0 Å². The molecule has 0 saturated heterocycles. The maximum Gasteiger partial charge on any atom is 0.241 e. The summed E-state index contributed by atoms with van der Waals surface area (Å²) in [7, 11) is -3.38. The molecule has 0 spiro atoms. The monoisotopic (exact) mass is 330 g/mol. The highest BCUT2D eigenvalue weighted by molar-refractivity contribution is 7.89. The van der Waals surface area contributed by atoms with Crippen molar-refractivity contribution in [2.75, 3.05) is 0 Å². The minimum absolute atomic E-state index is 0.0297. The molecule has 0 radical (unpaired) electrons. The summed E-state index contributed by atoms with van der Waals surface area (Å²) in [6.45, 7) is 6.99. The van der Waals surface area contributed by atoms with Gasteiger partial charge in [0.2, 0.25) is 10.0 Å². The number of hydrogen-bond donors (Lipinski definition) is 2. The fourth-order valence-electron chi connectivity index (χ4n) is 2.28. The molecule has 2 atom stereocenters. The van der Waals surface area contributed by atoms with Crippen molar-refractivity contribution >= 4 is 21.4 Å². The van der Waals surface area contributed by atoms with Crippen LogP contribution < -0.4 is 10.0 Å². The molecule has 1 aliphatic rings. The van der Waals surface area contributed by atoms with Crippen LogP contribution in [-0.4, -0.2) is 20.5 Å². The summed E-state index contributed by atoms with van der Waals surface area (Å²) in [5.41, 5.74) is 0. The van der Waals surface area contributed by atoms with Gasteiger partial charge in [0.25, 0.3) is 0 Å². The zero-order valence-electron chi connectivity index (χ0n) is 13.1. The standard InChI is InChI=1S/C15H26N2O2S2/c1-4-11(2)7-12(3)17-21(18,19)15-8-14(20-10-15)9-16-13-5-6-13/h8,10-13,16-17H,4-7,9H2,1-3H3. The summed E-state index contributed by atoms with van der Waals surface area (Å²) in [6.07, 6.45) is 4.42. The smallest absolute Gasteiger partial charge is 0.241 e. The minimum Gasteiger partial charge on any atom is -0.309 e. The maximum absolute atomic E-state index is 12.4. The van der Waals surface area contributed by atoms with Crippen molar-refractivity contribution in [3.63, 3.8) is 0 Å². The first-order valence-corrected chi connectivity index (χ1v) is 10.1. The summed E-state index contributed by atoms with van der Waals surface area (Å²) in [5, 5.41) is 5.15. The van der Waals surface area contributed by atoms with Crippen molar-refractivity contribution in [1.82, 2.24) is 10.0 Å². The Morgan fingerprint density at radius 2 is 2.10 bits per heavy atom. The fourth-order valence-corrected chi connectivity index (χ4v) is 4.76. The van der Waals surface area contributed by atoms with E-state index in [-0.39, 0.29) is 6.04 Å². The predicted octanol–water partition coefficient (Wildman–Crippen LogP) is 3.10. The number of rotatable bonds is 9. The van der Waals surface area contributed by atoms with Gasteiger partial charge in [-0.2, -0.15) is 0 Å². The highest BCUT2D eigenvalue weighted by atomic mass is 32.2. The third kappa shape index (κ3) is 5.36. The van der Waals surface area contributed by atoms with Crippen LogP contribution in [0.4, 0.5) is 0 Å². The van der Waals surface area contributed by atoms with Gasteiger partial charge in [-0.1, -0.05) is 20.3 Å². The van der Waals surface area contributed by atoms with Crippen LogP contribution >= 0.6 is 11.3 Å². The third-order valence-electron chi connectivity index (χ3n) is 3.89. The number of thiophene rings is 1. The van der Waals surface area contributed by atoms with E-state index in [1.165, 1.54) is 24.2 Å². The maximum atomic E-state index is 12.4. The summed E-state index contributed by atoms with van der Waals surface area (Å²) in [5.74, 6) is 0.531. The fraction of sp³-hybridized carbons (Fsp3) is 0.733. The number of hydrogen-bond acceptors (Lipinski definition) is 4. The molecule has 1 aromatic rings. The second kappa shape index (κ2) is 7.22. The molecule has 1 aromatic heterocycles. The summed E-state index contributed by atoms with van der Waals surface area (Å²) >= 11 is 1.51. The Bertz CT molecular complexity index is 550. The van der Waals surface area contributed by atoms with Crippen LogP contribution in [-0.2, 0) is 16.6 Å². The van der Waals surface area contributed by atoms with Crippen LogP contribution in [0.1, 0.15) is 51.3 Å². The van der Waals surface area contributed by atoms with Crippen molar-refractivity contribution in [2.45, 2.75) is 70.0 Å². The average molecular weight is 331 g/mol. The lowest BCUT2D eigenvalue weighted by Gasteiger charge is -2.17. The van der Waals surface area contributed by atoms with Crippen molar-refractivity contribution in [3.8, 4) is 0 Å². The zero-order valence-corrected chi connectivity index (χ0v) is 14.7. The van der Waals surface area contributed by atoms with Gasteiger partial charge >= 0.3 is 0 Å². The van der Waals surface area contributed by atoms with E-state index in [0.29, 0.717) is 16.9 Å². The molecule has 0 amide bonds. The van der Waals surface area contributed by atoms with E-state index in [0.717, 1.165) is 24.3 Å². The van der Waals surface area contributed by atoms with Crippen LogP contribution in [0.15, 0.2) is 16.3 Å². The average Bonchev–Trinajstić information content (AvgIpc) is 3.11. The van der Waals surface area contributed by atoms with Crippen LogP contribution in [0.2, 0.25) is 0 Å². The molecule has 2 unspecified atom stereocenters. The first-order chi connectivity index (χ1) is 9.90. The predicted molar refractivity (Wildman–Crippen MR) is 88.0 cm³/mol. The molecule has 0 bridgehead atoms.